The Labute approximate surface area is 195 Å². The highest BCUT2D eigenvalue weighted by molar-refractivity contribution is 7.74. The summed E-state index contributed by atoms with van der Waals surface area (Å²) in [4.78, 5) is 0. The van der Waals surface area contributed by atoms with Gasteiger partial charge in [0.25, 0.3) is 0 Å². The maximum atomic E-state index is 2.47. The first-order chi connectivity index (χ1) is 14.4. The van der Waals surface area contributed by atoms with Crippen LogP contribution < -0.4 is 10.6 Å². The van der Waals surface area contributed by atoms with Gasteiger partial charge >= 0.3 is 0 Å². The smallest absolute Gasteiger partial charge is 0.0125 e. The second-order valence-electron chi connectivity index (χ2n) is 10.7. The number of aryl methyl sites for hydroxylation is 2. The molecule has 3 rings (SSSR count). The van der Waals surface area contributed by atoms with Crippen molar-refractivity contribution in [2.45, 2.75) is 78.3 Å². The van der Waals surface area contributed by atoms with Crippen LogP contribution >= 0.6 is 15.8 Å². The van der Waals surface area contributed by atoms with E-state index in [9.17, 15) is 0 Å². The molecule has 0 unspecified atom stereocenters. The molecule has 5 radical (unpaired) electrons. The van der Waals surface area contributed by atoms with Crippen molar-refractivity contribution in [1.29, 1.82) is 0 Å². The lowest BCUT2D eigenvalue weighted by Gasteiger charge is -2.48. The molecule has 0 spiro atoms. The van der Waals surface area contributed by atoms with Gasteiger partial charge in [0.15, 0.2) is 0 Å². The topological polar surface area (TPSA) is 0 Å². The maximum Gasteiger partial charge on any atom is 0.0125 e. The molecule has 2 heteroatoms. The zero-order chi connectivity index (χ0) is 23.0. The molecular weight excluding hydrogens is 410 g/mol. The third-order valence-electron chi connectivity index (χ3n) is 6.00. The summed E-state index contributed by atoms with van der Waals surface area (Å²) in [5.74, 6) is 1.56. The average molecular weight is 450 g/mol. The fourth-order valence-corrected chi connectivity index (χ4v) is 12.4. The van der Waals surface area contributed by atoms with Gasteiger partial charge in [0.05, 0.1) is 0 Å². The van der Waals surface area contributed by atoms with Crippen LogP contribution in [-0.2, 0) is 0 Å². The summed E-state index contributed by atoms with van der Waals surface area (Å²) < 4.78 is 0. The SMILES string of the molecule is Cc1ccccc1P(c1ccccc1C)[C@H](C)[C]1[CH][CH][CH][C]1P(C(C)(C)C)C(C)(C)C. The largest absolute Gasteiger partial charge is 0.0874 e. The Morgan fingerprint density at radius 3 is 1.55 bits per heavy atom. The quantitative estimate of drug-likeness (QED) is 0.407. The van der Waals surface area contributed by atoms with Gasteiger partial charge in [-0.3, -0.25) is 0 Å². The highest BCUT2D eigenvalue weighted by Crippen LogP contribution is 2.72. The van der Waals surface area contributed by atoms with Gasteiger partial charge in [-0.25, -0.2) is 0 Å². The highest BCUT2D eigenvalue weighted by Gasteiger charge is 2.48. The van der Waals surface area contributed by atoms with Crippen molar-refractivity contribution in [3.05, 3.63) is 90.5 Å². The molecule has 0 bridgehead atoms. The lowest BCUT2D eigenvalue weighted by Crippen LogP contribution is -2.33. The first-order valence-electron chi connectivity index (χ1n) is 11.4. The molecule has 2 aromatic carbocycles. The standard InChI is InChI=1S/C29H39P2/c1-21-15-10-12-18-25(21)30(26-19-13-11-16-22(26)2)23(3)24-17-14-20-27(24)31(28(4,5)6)29(7,8)9/h10-20,23H,1-9H3/t23-/m1/s1. The van der Waals surface area contributed by atoms with Crippen LogP contribution in [0.15, 0.2) is 48.5 Å². The van der Waals surface area contributed by atoms with E-state index in [1.165, 1.54) is 21.7 Å². The van der Waals surface area contributed by atoms with E-state index >= 15 is 0 Å². The highest BCUT2D eigenvalue weighted by atomic mass is 31.1. The Morgan fingerprint density at radius 2 is 1.13 bits per heavy atom. The second kappa shape index (κ2) is 9.65. The van der Waals surface area contributed by atoms with Gasteiger partial charge in [-0.15, -0.1) is 0 Å². The van der Waals surface area contributed by atoms with Crippen molar-refractivity contribution in [1.82, 2.24) is 0 Å². The van der Waals surface area contributed by atoms with E-state index in [1.54, 1.807) is 11.6 Å². The van der Waals surface area contributed by atoms with E-state index in [0.29, 0.717) is 5.66 Å². The fourth-order valence-electron chi connectivity index (χ4n) is 5.06. The summed E-state index contributed by atoms with van der Waals surface area (Å²) in [5, 5.41) is 3.57. The van der Waals surface area contributed by atoms with E-state index < -0.39 is 7.92 Å². The molecule has 0 nitrogen and oxygen atoms in total. The van der Waals surface area contributed by atoms with Crippen LogP contribution in [0.25, 0.3) is 0 Å². The lowest BCUT2D eigenvalue weighted by atomic mass is 10.0. The predicted molar refractivity (Wildman–Crippen MR) is 144 cm³/mol. The Hall–Kier alpha value is -0.700. The molecule has 1 aliphatic rings. The second-order valence-corrected chi connectivity index (χ2v) is 17.0. The molecule has 165 valence electrons. The van der Waals surface area contributed by atoms with Gasteiger partial charge in [-0.1, -0.05) is 105 Å². The fraction of sp³-hybridized carbons (Fsp3) is 0.414. The molecule has 2 aromatic rings. The Kier molecular flexibility index (Phi) is 7.77. The lowest BCUT2D eigenvalue weighted by molar-refractivity contribution is 0.704. The summed E-state index contributed by atoms with van der Waals surface area (Å²) in [6, 6.07) is 18.0. The summed E-state index contributed by atoms with van der Waals surface area (Å²) in [7, 11) is -0.828. The van der Waals surface area contributed by atoms with Gasteiger partial charge in [0, 0.05) is 5.66 Å². The van der Waals surface area contributed by atoms with Crippen LogP contribution in [0.2, 0.25) is 0 Å². The molecule has 1 atom stereocenters. The van der Waals surface area contributed by atoms with E-state index in [0.717, 1.165) is 0 Å². The molecule has 0 N–H and O–H groups in total. The monoisotopic (exact) mass is 449 g/mol. The number of benzene rings is 2. The molecular formula is C29H39P2. The molecule has 31 heavy (non-hydrogen) atoms. The van der Waals surface area contributed by atoms with Crippen LogP contribution in [0, 0.1) is 44.7 Å². The van der Waals surface area contributed by atoms with Crippen molar-refractivity contribution < 1.29 is 0 Å². The third kappa shape index (κ3) is 5.45. The van der Waals surface area contributed by atoms with Crippen molar-refractivity contribution >= 4 is 26.5 Å². The van der Waals surface area contributed by atoms with Crippen molar-refractivity contribution in [3.8, 4) is 0 Å². The van der Waals surface area contributed by atoms with Crippen molar-refractivity contribution in [2.75, 3.05) is 0 Å². The van der Waals surface area contributed by atoms with Gasteiger partial charge in [0.1, 0.15) is 0 Å². The van der Waals surface area contributed by atoms with Crippen LogP contribution in [0.5, 0.6) is 0 Å². The van der Waals surface area contributed by atoms with Gasteiger partial charge in [-0.2, -0.15) is 0 Å². The van der Waals surface area contributed by atoms with E-state index in [-0.39, 0.29) is 18.2 Å². The molecule has 0 aliphatic heterocycles. The van der Waals surface area contributed by atoms with Crippen LogP contribution in [0.3, 0.4) is 0 Å². The summed E-state index contributed by atoms with van der Waals surface area (Å²) in [6.45, 7) is 21.6. The number of hydrogen-bond donors (Lipinski definition) is 0. The van der Waals surface area contributed by atoms with E-state index in [2.05, 4.69) is 130 Å². The molecule has 1 aliphatic carbocycles. The first kappa shape index (κ1) is 24.9. The van der Waals surface area contributed by atoms with Crippen LogP contribution in [0.1, 0.15) is 59.6 Å². The van der Waals surface area contributed by atoms with Crippen LogP contribution in [0.4, 0.5) is 0 Å². The molecule has 0 heterocycles. The van der Waals surface area contributed by atoms with Gasteiger partial charge in [-0.05, 0) is 84.7 Å². The Bertz CT molecular complexity index is 811. The maximum absolute atomic E-state index is 2.47. The molecule has 1 fully saturated rings. The summed E-state index contributed by atoms with van der Waals surface area (Å²) >= 11 is 0. The van der Waals surface area contributed by atoms with Crippen molar-refractivity contribution in [3.63, 3.8) is 0 Å². The first-order valence-corrected chi connectivity index (χ1v) is 14.1. The van der Waals surface area contributed by atoms with Crippen molar-refractivity contribution in [2.24, 2.45) is 0 Å². The minimum absolute atomic E-state index is 0.268. The zero-order valence-corrected chi connectivity index (χ0v) is 22.6. The normalized spacial score (nSPS) is 17.6. The Morgan fingerprint density at radius 1 is 0.677 bits per heavy atom. The number of hydrogen-bond acceptors (Lipinski definition) is 0. The molecule has 0 saturated heterocycles. The molecule has 1 saturated carbocycles. The molecule has 0 amide bonds. The summed E-state index contributed by atoms with van der Waals surface area (Å²) in [6.07, 6.45) is 7.15. The predicted octanol–water partition coefficient (Wildman–Crippen LogP) is 7.94. The third-order valence-corrected chi connectivity index (χ3v) is 12.7. The minimum Gasteiger partial charge on any atom is -0.0874 e. The van der Waals surface area contributed by atoms with Crippen LogP contribution in [-0.4, -0.2) is 16.0 Å². The summed E-state index contributed by atoms with van der Waals surface area (Å²) in [5.41, 5.74) is 4.89. The van der Waals surface area contributed by atoms with E-state index in [4.69, 9.17) is 0 Å². The van der Waals surface area contributed by atoms with E-state index in [1.807, 2.05) is 0 Å². The zero-order valence-electron chi connectivity index (χ0n) is 20.8. The molecule has 0 aromatic heterocycles. The number of rotatable bonds is 5. The average Bonchev–Trinajstić information content (AvgIpc) is 3.11. The van der Waals surface area contributed by atoms with Gasteiger partial charge in [0.2, 0.25) is 0 Å². The van der Waals surface area contributed by atoms with Gasteiger partial charge < -0.3 is 0 Å². The minimum atomic E-state index is -0.507. The Balaban J connectivity index is 2.08.